The molecule has 0 fully saturated rings. The lowest BCUT2D eigenvalue weighted by molar-refractivity contribution is -0.161. The van der Waals surface area contributed by atoms with Crippen LogP contribution in [0.1, 0.15) is 349 Å². The Kier molecular flexibility index (Phi) is 73.7. The number of unbranched alkanes of at least 4 members (excludes halogenated alkanes) is 33. The third-order valence-corrected chi connectivity index (χ3v) is 19.1. The maximum atomic E-state index is 13.1. The predicted octanol–water partition coefficient (Wildman–Crippen LogP) is 24.1. The lowest BCUT2D eigenvalue weighted by Crippen LogP contribution is -2.30. The highest BCUT2D eigenvalue weighted by atomic mass is 31.2. The summed E-state index contributed by atoms with van der Waals surface area (Å²) in [5, 5.41) is 10.7. The summed E-state index contributed by atoms with van der Waals surface area (Å²) in [6.45, 7) is 4.63. The first kappa shape index (κ1) is 99.7. The van der Waals surface area contributed by atoms with Gasteiger partial charge in [0.1, 0.15) is 19.3 Å². The monoisotopic (exact) mass is 1500 g/mol. The number of esters is 4. The van der Waals surface area contributed by atoms with E-state index in [0.29, 0.717) is 25.7 Å². The van der Waals surface area contributed by atoms with Gasteiger partial charge in [0.25, 0.3) is 0 Å². The molecular weight excluding hydrogens is 1350 g/mol. The highest BCUT2D eigenvalue weighted by Crippen LogP contribution is 2.45. The van der Waals surface area contributed by atoms with E-state index in [1.165, 1.54) is 83.5 Å². The van der Waals surface area contributed by atoms with Crippen molar-refractivity contribution in [1.82, 2.24) is 0 Å². The van der Waals surface area contributed by atoms with Crippen molar-refractivity contribution in [3.8, 4) is 0 Å². The molecule has 0 rings (SSSR count). The van der Waals surface area contributed by atoms with Gasteiger partial charge < -0.3 is 33.8 Å². The molecule has 0 bridgehead atoms. The summed E-state index contributed by atoms with van der Waals surface area (Å²) < 4.78 is 68.7. The molecular formula is C85H148O17P2. The minimum Gasteiger partial charge on any atom is -0.462 e. The smallest absolute Gasteiger partial charge is 0.462 e. The van der Waals surface area contributed by atoms with Crippen molar-refractivity contribution >= 4 is 39.5 Å². The SMILES string of the molecule is CC/C=C\C/C=C\C/C=C\C/C=C\CCCCCCC(=O)OCC(COP(=O)(O)OCC(O)COP(=O)(O)OCC(COC(=O)CCCCCCCCC/C=C\C/C=C\C/C=C\CC)OC(=O)CCCCCCCCCCCCCCCCC)OC(=O)CCCCCCC/C=C\C/C=C\CCCCC. The van der Waals surface area contributed by atoms with Crippen LogP contribution in [0.5, 0.6) is 0 Å². The molecule has 0 aliphatic carbocycles. The molecule has 0 radical (unpaired) electrons. The third kappa shape index (κ3) is 75.9. The highest BCUT2D eigenvalue weighted by molar-refractivity contribution is 7.47. The van der Waals surface area contributed by atoms with E-state index in [1.54, 1.807) is 0 Å². The third-order valence-electron chi connectivity index (χ3n) is 17.2. The average molecular weight is 1500 g/mol. The molecule has 600 valence electrons. The molecule has 5 atom stereocenters. The fourth-order valence-corrected chi connectivity index (χ4v) is 12.6. The number of allylic oxidation sites excluding steroid dienone is 18. The summed E-state index contributed by atoms with van der Waals surface area (Å²) >= 11 is 0. The lowest BCUT2D eigenvalue weighted by Gasteiger charge is -2.21. The number of phosphoric acid groups is 2. The van der Waals surface area contributed by atoms with Crippen molar-refractivity contribution < 1.29 is 80.2 Å². The van der Waals surface area contributed by atoms with E-state index >= 15 is 0 Å². The number of phosphoric ester groups is 2. The molecule has 17 nitrogen and oxygen atoms in total. The number of aliphatic hydroxyl groups is 1. The van der Waals surface area contributed by atoms with E-state index < -0.39 is 97.5 Å². The van der Waals surface area contributed by atoms with E-state index in [-0.39, 0.29) is 25.7 Å². The molecule has 0 spiro atoms. The Bertz CT molecular complexity index is 2390. The van der Waals surface area contributed by atoms with Gasteiger partial charge >= 0.3 is 39.5 Å². The molecule has 3 N–H and O–H groups in total. The van der Waals surface area contributed by atoms with Crippen molar-refractivity contribution in [2.75, 3.05) is 39.6 Å². The first-order valence-electron chi connectivity index (χ1n) is 41.1. The van der Waals surface area contributed by atoms with Gasteiger partial charge in [-0.05, 0) is 128 Å². The minimum absolute atomic E-state index is 0.0728. The molecule has 0 heterocycles. The van der Waals surface area contributed by atoms with Crippen LogP contribution in [-0.2, 0) is 65.4 Å². The number of ether oxygens (including phenoxy) is 4. The molecule has 0 aromatic carbocycles. The van der Waals surface area contributed by atoms with Crippen LogP contribution in [0.4, 0.5) is 0 Å². The van der Waals surface area contributed by atoms with Crippen LogP contribution in [-0.4, -0.2) is 96.7 Å². The van der Waals surface area contributed by atoms with Crippen LogP contribution >= 0.6 is 15.6 Å². The first-order chi connectivity index (χ1) is 50.7. The summed E-state index contributed by atoms with van der Waals surface area (Å²) in [5.41, 5.74) is 0. The van der Waals surface area contributed by atoms with Gasteiger partial charge in [-0.3, -0.25) is 37.3 Å². The number of rotatable bonds is 77. The van der Waals surface area contributed by atoms with Gasteiger partial charge in [0, 0.05) is 25.7 Å². The maximum absolute atomic E-state index is 13.1. The normalized spacial score (nSPS) is 14.4. The van der Waals surface area contributed by atoms with Crippen molar-refractivity contribution in [3.05, 3.63) is 109 Å². The summed E-state index contributed by atoms with van der Waals surface area (Å²) in [6.07, 6.45) is 83.4. The molecule has 19 heteroatoms. The van der Waals surface area contributed by atoms with Crippen LogP contribution in [0, 0.1) is 0 Å². The first-order valence-corrected chi connectivity index (χ1v) is 44.1. The largest absolute Gasteiger partial charge is 0.472 e. The Hall–Kier alpha value is -4.28. The number of aliphatic hydroxyl groups excluding tert-OH is 1. The molecule has 0 aromatic heterocycles. The highest BCUT2D eigenvalue weighted by Gasteiger charge is 2.30. The van der Waals surface area contributed by atoms with Gasteiger partial charge in [-0.2, -0.15) is 0 Å². The second-order valence-electron chi connectivity index (χ2n) is 27.3. The van der Waals surface area contributed by atoms with Gasteiger partial charge in [-0.25, -0.2) is 9.13 Å². The van der Waals surface area contributed by atoms with E-state index in [2.05, 4.69) is 137 Å². The standard InChI is InChI=1S/C85H148O17P2/c1-5-9-13-17-21-25-29-33-37-39-43-45-49-53-57-61-65-69-82(87)95-75-80(101-84(89)71-67-63-59-55-51-47-41-35-31-27-23-19-15-11-7-3)77-99-103(91,92)97-73-79(86)74-98-104(93,94)100-78-81(102-85(90)72-68-64-60-56-52-48-42-36-32-28-24-20-16-12-8-4)76-96-83(88)70-66-62-58-54-50-46-44-40-38-34-30-26-22-18-14-10-6-2/h9-10,13-14,21-23,25-27,33-35,37-38,41,43,45,79-81,86H,5-8,11-12,15-20,24,28-32,36,39-40,42,44,46-78H2,1-4H3,(H,91,92)(H,93,94)/b13-9-,14-10-,25-21-,26-22-,27-23-,37-33-,38-34-,41-35-,45-43-. The molecule has 5 unspecified atom stereocenters. The summed E-state index contributed by atoms with van der Waals surface area (Å²) in [4.78, 5) is 73.1. The molecule has 0 amide bonds. The van der Waals surface area contributed by atoms with Crippen molar-refractivity contribution in [3.63, 3.8) is 0 Å². The van der Waals surface area contributed by atoms with Gasteiger partial charge in [-0.1, -0.05) is 304 Å². The number of hydrogen-bond donors (Lipinski definition) is 3. The Labute approximate surface area is 632 Å². The van der Waals surface area contributed by atoms with Crippen LogP contribution in [0.25, 0.3) is 0 Å². The maximum Gasteiger partial charge on any atom is 0.472 e. The van der Waals surface area contributed by atoms with E-state index in [0.717, 1.165) is 186 Å². The van der Waals surface area contributed by atoms with Gasteiger partial charge in [0.15, 0.2) is 12.2 Å². The van der Waals surface area contributed by atoms with Crippen LogP contribution < -0.4 is 0 Å². The molecule has 0 aromatic rings. The van der Waals surface area contributed by atoms with Gasteiger partial charge in [0.2, 0.25) is 0 Å². The van der Waals surface area contributed by atoms with E-state index in [9.17, 15) is 43.2 Å². The quantitative estimate of drug-likeness (QED) is 0.0169. The zero-order valence-corrected chi connectivity index (χ0v) is 67.5. The van der Waals surface area contributed by atoms with Crippen molar-refractivity contribution in [1.29, 1.82) is 0 Å². The molecule has 0 saturated heterocycles. The van der Waals surface area contributed by atoms with Gasteiger partial charge in [0.05, 0.1) is 26.4 Å². The van der Waals surface area contributed by atoms with Crippen molar-refractivity contribution in [2.45, 2.75) is 367 Å². The summed E-state index contributed by atoms with van der Waals surface area (Å²) in [5.74, 6) is -2.21. The summed E-state index contributed by atoms with van der Waals surface area (Å²) in [6, 6.07) is 0. The molecule has 0 saturated carbocycles. The van der Waals surface area contributed by atoms with E-state index in [1.807, 2.05) is 0 Å². The fourth-order valence-electron chi connectivity index (χ4n) is 11.0. The number of hydrogen-bond acceptors (Lipinski definition) is 15. The topological polar surface area (TPSA) is 237 Å². The molecule has 104 heavy (non-hydrogen) atoms. The zero-order valence-electron chi connectivity index (χ0n) is 65.7. The van der Waals surface area contributed by atoms with E-state index in [4.69, 9.17) is 37.0 Å². The minimum atomic E-state index is -4.99. The second-order valence-corrected chi connectivity index (χ2v) is 30.2. The van der Waals surface area contributed by atoms with Crippen molar-refractivity contribution in [2.24, 2.45) is 0 Å². The lowest BCUT2D eigenvalue weighted by atomic mass is 10.0. The Morgan fingerprint density at radius 3 is 0.788 bits per heavy atom. The Morgan fingerprint density at radius 2 is 0.500 bits per heavy atom. The van der Waals surface area contributed by atoms with Crippen LogP contribution in [0.3, 0.4) is 0 Å². The second kappa shape index (κ2) is 76.9. The zero-order chi connectivity index (χ0) is 76.0. The molecule has 0 aliphatic rings. The van der Waals surface area contributed by atoms with Crippen LogP contribution in [0.15, 0.2) is 109 Å². The Morgan fingerprint density at radius 1 is 0.279 bits per heavy atom. The molecule has 0 aliphatic heterocycles. The average Bonchev–Trinajstić information content (AvgIpc) is 0.937. The number of carbonyl (C=O) groups is 4. The predicted molar refractivity (Wildman–Crippen MR) is 427 cm³/mol. The Balaban J connectivity index is 5.38. The summed E-state index contributed by atoms with van der Waals surface area (Å²) in [7, 11) is -9.97. The van der Waals surface area contributed by atoms with Gasteiger partial charge in [-0.15, -0.1) is 0 Å². The fraction of sp³-hybridized carbons (Fsp3) is 0.741. The number of carbonyl (C=O) groups excluding carboxylic acids is 4. The van der Waals surface area contributed by atoms with Crippen LogP contribution in [0.2, 0.25) is 0 Å².